The molecule has 0 aliphatic carbocycles. The van der Waals surface area contributed by atoms with E-state index in [4.69, 9.17) is 9.47 Å². The van der Waals surface area contributed by atoms with Crippen LogP contribution in [0.2, 0.25) is 0 Å². The van der Waals surface area contributed by atoms with Crippen molar-refractivity contribution in [3.63, 3.8) is 0 Å². The maximum Gasteiger partial charge on any atom is 0.167 e. The lowest BCUT2D eigenvalue weighted by Crippen LogP contribution is -2.17. The lowest BCUT2D eigenvalue weighted by atomic mass is 10.0. The van der Waals surface area contributed by atoms with Gasteiger partial charge < -0.3 is 14.8 Å². The summed E-state index contributed by atoms with van der Waals surface area (Å²) in [6, 6.07) is 1.22. The lowest BCUT2D eigenvalue weighted by molar-refractivity contribution is -0.0298. The van der Waals surface area contributed by atoms with E-state index in [0.29, 0.717) is 38.3 Å². The van der Waals surface area contributed by atoms with Gasteiger partial charge in [0.2, 0.25) is 0 Å². The Hall–Kier alpha value is -2.26. The molecule has 0 spiro atoms. The first-order valence-corrected chi connectivity index (χ1v) is 10.4. The highest BCUT2D eigenvalue weighted by Gasteiger charge is 2.23. The quantitative estimate of drug-likeness (QED) is 0.578. The number of imidazole rings is 1. The van der Waals surface area contributed by atoms with Gasteiger partial charge in [-0.25, -0.2) is 19.3 Å². The van der Waals surface area contributed by atoms with Crippen LogP contribution < -0.4 is 10.1 Å². The van der Waals surface area contributed by atoms with E-state index in [1.165, 1.54) is 12.4 Å². The van der Waals surface area contributed by atoms with Crippen LogP contribution in [-0.2, 0) is 4.74 Å². The largest absolute Gasteiger partial charge is 0.495 e. The van der Waals surface area contributed by atoms with Gasteiger partial charge in [-0.15, -0.1) is 0 Å². The average Bonchev–Trinajstić information content (AvgIpc) is 3.17. The predicted octanol–water partition coefficient (Wildman–Crippen LogP) is 4.92. The zero-order valence-corrected chi connectivity index (χ0v) is 18.2. The number of anilines is 1. The second-order valence-electron chi connectivity index (χ2n) is 7.15. The molecule has 0 saturated carbocycles. The van der Waals surface area contributed by atoms with Crippen molar-refractivity contribution in [2.24, 2.45) is 0 Å². The minimum absolute atomic E-state index is 0.0591. The molecule has 1 N–H and O–H groups in total. The smallest absolute Gasteiger partial charge is 0.167 e. The van der Waals surface area contributed by atoms with Crippen LogP contribution in [-0.4, -0.2) is 33.2 Å². The van der Waals surface area contributed by atoms with E-state index < -0.39 is 0 Å². The van der Waals surface area contributed by atoms with Crippen LogP contribution in [0.4, 0.5) is 10.2 Å². The van der Waals surface area contributed by atoms with Gasteiger partial charge in [-0.3, -0.25) is 4.57 Å². The van der Waals surface area contributed by atoms with Gasteiger partial charge in [0.15, 0.2) is 17.0 Å². The van der Waals surface area contributed by atoms with Gasteiger partial charge in [-0.05, 0) is 55.1 Å². The Morgan fingerprint density at radius 3 is 2.90 bits per heavy atom. The van der Waals surface area contributed by atoms with Crippen molar-refractivity contribution in [2.75, 3.05) is 19.0 Å². The van der Waals surface area contributed by atoms with Crippen LogP contribution in [0, 0.1) is 12.7 Å². The van der Waals surface area contributed by atoms with E-state index in [2.05, 4.69) is 36.2 Å². The molecule has 154 valence electrons. The third kappa shape index (κ3) is 3.69. The zero-order chi connectivity index (χ0) is 20.5. The van der Waals surface area contributed by atoms with E-state index in [-0.39, 0.29) is 18.1 Å². The highest BCUT2D eigenvalue weighted by molar-refractivity contribution is 9.10. The highest BCUT2D eigenvalue weighted by Crippen LogP contribution is 2.38. The Morgan fingerprint density at radius 1 is 1.34 bits per heavy atom. The number of ether oxygens (including phenoxy) is 2. The molecular weight excluding hydrogens is 441 g/mol. The third-order valence-electron chi connectivity index (χ3n) is 5.28. The fourth-order valence-corrected chi connectivity index (χ4v) is 4.22. The van der Waals surface area contributed by atoms with Gasteiger partial charge in [-0.2, -0.15) is 0 Å². The molecule has 2 aromatic heterocycles. The number of rotatable bonds is 5. The molecule has 0 radical (unpaired) electrons. The minimum Gasteiger partial charge on any atom is -0.495 e. The molecule has 0 bridgehead atoms. The fourth-order valence-electron chi connectivity index (χ4n) is 3.64. The predicted molar refractivity (Wildman–Crippen MR) is 112 cm³/mol. The molecule has 2 unspecified atom stereocenters. The minimum atomic E-state index is -0.298. The fraction of sp³-hybridized carbons (Fsp3) is 0.450. The van der Waals surface area contributed by atoms with E-state index in [0.717, 1.165) is 25.9 Å². The molecule has 1 aromatic carbocycles. The number of aromatic nitrogens is 4. The zero-order valence-electron chi connectivity index (χ0n) is 16.6. The number of fused-ring (bicyclic) bond motifs is 1. The first-order valence-electron chi connectivity index (χ1n) is 9.59. The Morgan fingerprint density at radius 2 is 2.17 bits per heavy atom. The number of nitrogens with one attached hydrogen (secondary N) is 1. The van der Waals surface area contributed by atoms with Gasteiger partial charge >= 0.3 is 0 Å². The Kier molecular flexibility index (Phi) is 5.69. The van der Waals surface area contributed by atoms with Gasteiger partial charge in [0.1, 0.15) is 24.1 Å². The number of halogens is 2. The van der Waals surface area contributed by atoms with Crippen molar-refractivity contribution in [2.45, 2.75) is 45.4 Å². The van der Waals surface area contributed by atoms with Crippen LogP contribution in [0.15, 0.2) is 23.2 Å². The second-order valence-corrected chi connectivity index (χ2v) is 7.95. The van der Waals surface area contributed by atoms with Crippen LogP contribution in [0.25, 0.3) is 11.2 Å². The molecule has 29 heavy (non-hydrogen) atoms. The summed E-state index contributed by atoms with van der Waals surface area (Å²) in [6.45, 7) is 4.37. The summed E-state index contributed by atoms with van der Waals surface area (Å²) in [4.78, 5) is 13.3. The molecule has 3 heterocycles. The molecule has 2 atom stereocenters. The van der Waals surface area contributed by atoms with Crippen molar-refractivity contribution < 1.29 is 13.9 Å². The normalized spacial score (nSPS) is 18.0. The van der Waals surface area contributed by atoms with E-state index >= 15 is 0 Å². The standard InChI is InChI=1S/C20H23BrFN5O2/c1-11-14(22)8-13(18(28-3)16(11)21)12(2)26-19-17-20(24-9-23-19)27(10-25-17)15-6-4-5-7-29-15/h8-10,12,15H,4-7H2,1-3H3,(H,23,24,26). The number of hydrogen-bond donors (Lipinski definition) is 1. The van der Waals surface area contributed by atoms with Gasteiger partial charge in [0, 0.05) is 17.7 Å². The van der Waals surface area contributed by atoms with E-state index in [9.17, 15) is 4.39 Å². The van der Waals surface area contributed by atoms with Crippen LogP contribution >= 0.6 is 15.9 Å². The van der Waals surface area contributed by atoms with Gasteiger partial charge in [0.25, 0.3) is 0 Å². The summed E-state index contributed by atoms with van der Waals surface area (Å²) in [5.74, 6) is 0.874. The topological polar surface area (TPSA) is 74.1 Å². The molecule has 1 fully saturated rings. The van der Waals surface area contributed by atoms with Crippen molar-refractivity contribution >= 4 is 32.9 Å². The summed E-state index contributed by atoms with van der Waals surface area (Å²) in [5, 5.41) is 3.33. The maximum atomic E-state index is 14.3. The van der Waals surface area contributed by atoms with Crippen LogP contribution in [0.5, 0.6) is 5.75 Å². The highest BCUT2D eigenvalue weighted by atomic mass is 79.9. The van der Waals surface area contributed by atoms with Crippen molar-refractivity contribution in [3.05, 3.63) is 40.1 Å². The van der Waals surface area contributed by atoms with Gasteiger partial charge in [0.05, 0.1) is 24.0 Å². The molecule has 0 amide bonds. The summed E-state index contributed by atoms with van der Waals surface area (Å²) < 4.78 is 28.3. The van der Waals surface area contributed by atoms with Crippen molar-refractivity contribution in [1.82, 2.24) is 19.5 Å². The Bertz CT molecular complexity index is 1040. The summed E-state index contributed by atoms with van der Waals surface area (Å²) in [6.07, 6.45) is 6.31. The van der Waals surface area contributed by atoms with Crippen molar-refractivity contribution in [3.8, 4) is 5.75 Å². The lowest BCUT2D eigenvalue weighted by Gasteiger charge is -2.23. The molecule has 1 aliphatic rings. The van der Waals surface area contributed by atoms with Crippen LogP contribution in [0.1, 0.15) is 49.6 Å². The summed E-state index contributed by atoms with van der Waals surface area (Å²) in [5.41, 5.74) is 2.56. The average molecular weight is 464 g/mol. The number of hydrogen-bond acceptors (Lipinski definition) is 6. The molecule has 7 nitrogen and oxygen atoms in total. The molecule has 3 aromatic rings. The summed E-state index contributed by atoms with van der Waals surface area (Å²) in [7, 11) is 1.57. The number of benzene rings is 1. The molecule has 9 heteroatoms. The molecular formula is C20H23BrFN5O2. The number of nitrogens with zero attached hydrogens (tertiary/aromatic N) is 4. The summed E-state index contributed by atoms with van der Waals surface area (Å²) >= 11 is 3.43. The first kappa shape index (κ1) is 20.0. The molecule has 1 saturated heterocycles. The van der Waals surface area contributed by atoms with Gasteiger partial charge in [-0.1, -0.05) is 0 Å². The monoisotopic (exact) mass is 463 g/mol. The van der Waals surface area contributed by atoms with Crippen molar-refractivity contribution in [1.29, 1.82) is 0 Å². The molecule has 1 aliphatic heterocycles. The first-order chi connectivity index (χ1) is 14.0. The van der Waals surface area contributed by atoms with E-state index in [1.807, 2.05) is 11.5 Å². The second kappa shape index (κ2) is 8.23. The SMILES string of the molecule is COc1c(C(C)Nc2ncnc3c2ncn3C2CCCCO2)cc(F)c(C)c1Br. The Labute approximate surface area is 176 Å². The Balaban J connectivity index is 1.67. The maximum absolute atomic E-state index is 14.3. The van der Waals surface area contributed by atoms with E-state index in [1.54, 1.807) is 20.4 Å². The molecule has 4 rings (SSSR count). The number of methoxy groups -OCH3 is 1. The third-order valence-corrected chi connectivity index (χ3v) is 6.23. The van der Waals surface area contributed by atoms with Crippen LogP contribution in [0.3, 0.4) is 0 Å².